The molecule has 1 aliphatic rings. The Balaban J connectivity index is 1.92. The van der Waals surface area contributed by atoms with Gasteiger partial charge in [-0.2, -0.15) is 0 Å². The van der Waals surface area contributed by atoms with Gasteiger partial charge in [0.1, 0.15) is 17.2 Å². The third-order valence-electron chi connectivity index (χ3n) is 5.88. The van der Waals surface area contributed by atoms with Gasteiger partial charge in [0.05, 0.1) is 53.2 Å². The zero-order chi connectivity index (χ0) is 27.6. The van der Waals surface area contributed by atoms with E-state index in [2.05, 4.69) is 20.9 Å². The fourth-order valence-electron chi connectivity index (χ4n) is 4.25. The summed E-state index contributed by atoms with van der Waals surface area (Å²) in [6.45, 7) is 7.62. The van der Waals surface area contributed by atoms with Crippen molar-refractivity contribution >= 4 is 39.3 Å². The van der Waals surface area contributed by atoms with Crippen LogP contribution in [0.3, 0.4) is 0 Å². The molecule has 2 heterocycles. The monoisotopic (exact) mass is 600 g/mol. The van der Waals surface area contributed by atoms with Crippen LogP contribution < -0.4 is 29.1 Å². The molecule has 1 unspecified atom stereocenters. The normalized spacial score (nSPS) is 15.3. The Hall–Kier alpha value is -3.37. The number of fused-ring (bicyclic) bond motifs is 1. The van der Waals surface area contributed by atoms with E-state index in [-0.39, 0.29) is 18.3 Å². The van der Waals surface area contributed by atoms with Gasteiger partial charge in [-0.15, -0.1) is 0 Å². The Bertz CT molecular complexity index is 1570. The average Bonchev–Trinajstić information content (AvgIpc) is 3.18. The van der Waals surface area contributed by atoms with Crippen LogP contribution in [-0.4, -0.2) is 37.5 Å². The van der Waals surface area contributed by atoms with Crippen molar-refractivity contribution < 1.29 is 23.7 Å². The minimum atomic E-state index is -0.704. The molecule has 4 rings (SSSR count). The Labute approximate surface area is 233 Å². The van der Waals surface area contributed by atoms with Gasteiger partial charge in [0.25, 0.3) is 5.56 Å². The van der Waals surface area contributed by atoms with Crippen molar-refractivity contribution in [1.82, 2.24) is 4.57 Å². The maximum Gasteiger partial charge on any atom is 0.338 e. The summed E-state index contributed by atoms with van der Waals surface area (Å²) in [5.41, 5.74) is 2.00. The van der Waals surface area contributed by atoms with Crippen LogP contribution in [0.25, 0.3) is 6.08 Å². The van der Waals surface area contributed by atoms with Crippen LogP contribution in [0, 0.1) is 0 Å². The number of rotatable bonds is 8. The van der Waals surface area contributed by atoms with Gasteiger partial charge in [-0.1, -0.05) is 23.5 Å². The highest BCUT2D eigenvalue weighted by atomic mass is 79.9. The second-order valence-corrected chi connectivity index (χ2v) is 10.6. The number of methoxy groups -OCH3 is 2. The molecule has 0 fully saturated rings. The maximum absolute atomic E-state index is 13.9. The zero-order valence-corrected chi connectivity index (χ0v) is 24.4. The summed E-state index contributed by atoms with van der Waals surface area (Å²) in [6.07, 6.45) is 1.78. The second-order valence-electron chi connectivity index (χ2n) is 8.77. The van der Waals surface area contributed by atoms with Gasteiger partial charge in [-0.25, -0.2) is 9.79 Å². The SMILES string of the molecule is CCOC(=O)C1=C(C)N=c2s/c(=C\c3cc(Br)c(OC)cc3OC)c(=O)n2C1c1ccc(OC(C)C)cc1. The number of esters is 1. The number of carbonyl (C=O) groups is 1. The number of carbonyl (C=O) groups excluding carboxylic acids is 1. The lowest BCUT2D eigenvalue weighted by atomic mass is 9.96. The first-order chi connectivity index (χ1) is 18.2. The summed E-state index contributed by atoms with van der Waals surface area (Å²) in [6, 6.07) is 10.3. The number of hydrogen-bond acceptors (Lipinski definition) is 8. The highest BCUT2D eigenvalue weighted by Gasteiger charge is 2.33. The Kier molecular flexibility index (Phi) is 8.42. The van der Waals surface area contributed by atoms with E-state index in [0.29, 0.717) is 43.4 Å². The van der Waals surface area contributed by atoms with Gasteiger partial charge >= 0.3 is 5.97 Å². The predicted molar refractivity (Wildman–Crippen MR) is 150 cm³/mol. The molecule has 0 spiro atoms. The van der Waals surface area contributed by atoms with Crippen LogP contribution in [0.4, 0.5) is 0 Å². The van der Waals surface area contributed by atoms with Gasteiger partial charge in [0.2, 0.25) is 0 Å². The predicted octanol–water partition coefficient (Wildman–Crippen LogP) is 4.37. The van der Waals surface area contributed by atoms with Crippen LogP contribution in [0.1, 0.15) is 44.9 Å². The van der Waals surface area contributed by atoms with E-state index in [1.807, 2.05) is 44.2 Å². The molecular formula is C28H29BrN2O6S. The second kappa shape index (κ2) is 11.6. The summed E-state index contributed by atoms with van der Waals surface area (Å²) in [5.74, 6) is 1.36. The molecule has 1 atom stereocenters. The summed E-state index contributed by atoms with van der Waals surface area (Å²) in [4.78, 5) is 32.1. The van der Waals surface area contributed by atoms with E-state index in [1.54, 1.807) is 44.8 Å². The van der Waals surface area contributed by atoms with E-state index in [1.165, 1.54) is 11.3 Å². The molecule has 0 bridgehead atoms. The van der Waals surface area contributed by atoms with Crippen molar-refractivity contribution in [2.75, 3.05) is 20.8 Å². The fourth-order valence-corrected chi connectivity index (χ4v) is 5.81. The molecule has 38 heavy (non-hydrogen) atoms. The van der Waals surface area contributed by atoms with Crippen molar-refractivity contribution in [2.45, 2.75) is 39.8 Å². The molecule has 0 aliphatic carbocycles. The third-order valence-corrected chi connectivity index (χ3v) is 7.48. The standard InChI is InChI=1S/C28H29BrN2O6S/c1-7-36-27(33)24-16(4)30-28-31(25(24)17-8-10-19(11-9-17)37-15(2)3)26(32)23(38-28)13-18-12-20(29)22(35-6)14-21(18)34-5/h8-15,25H,7H2,1-6H3/b23-13-. The first kappa shape index (κ1) is 27.7. The maximum atomic E-state index is 13.9. The summed E-state index contributed by atoms with van der Waals surface area (Å²) in [5, 5.41) is 0. The minimum absolute atomic E-state index is 0.0192. The Morgan fingerprint density at radius 1 is 1.16 bits per heavy atom. The van der Waals surface area contributed by atoms with E-state index in [9.17, 15) is 9.59 Å². The lowest BCUT2D eigenvalue weighted by molar-refractivity contribution is -0.139. The van der Waals surface area contributed by atoms with Gasteiger partial charge in [-0.05, 0) is 73.5 Å². The van der Waals surface area contributed by atoms with E-state index < -0.39 is 12.0 Å². The molecule has 8 nitrogen and oxygen atoms in total. The number of hydrogen-bond donors (Lipinski definition) is 0. The van der Waals surface area contributed by atoms with Crippen LogP contribution in [0.5, 0.6) is 17.2 Å². The van der Waals surface area contributed by atoms with E-state index in [4.69, 9.17) is 18.9 Å². The molecule has 0 saturated heterocycles. The lowest BCUT2D eigenvalue weighted by Gasteiger charge is -2.25. The number of ether oxygens (including phenoxy) is 4. The Morgan fingerprint density at radius 2 is 1.84 bits per heavy atom. The van der Waals surface area contributed by atoms with Crippen LogP contribution in [-0.2, 0) is 9.53 Å². The summed E-state index contributed by atoms with van der Waals surface area (Å²) < 4.78 is 24.8. The number of thiazole rings is 1. The van der Waals surface area contributed by atoms with Crippen molar-refractivity contribution in [3.63, 3.8) is 0 Å². The highest BCUT2D eigenvalue weighted by molar-refractivity contribution is 9.10. The number of halogens is 1. The van der Waals surface area contributed by atoms with Crippen LogP contribution in [0.2, 0.25) is 0 Å². The van der Waals surface area contributed by atoms with Crippen molar-refractivity contribution in [2.24, 2.45) is 4.99 Å². The molecule has 0 amide bonds. The van der Waals surface area contributed by atoms with Gasteiger partial charge < -0.3 is 18.9 Å². The molecule has 1 aromatic heterocycles. The summed E-state index contributed by atoms with van der Waals surface area (Å²) in [7, 11) is 3.13. The molecule has 1 aliphatic heterocycles. The largest absolute Gasteiger partial charge is 0.496 e. The van der Waals surface area contributed by atoms with Gasteiger partial charge in [0.15, 0.2) is 4.80 Å². The third kappa shape index (κ3) is 5.42. The molecule has 3 aromatic rings. The number of nitrogens with zero attached hydrogens (tertiary/aromatic N) is 2. The van der Waals surface area contributed by atoms with E-state index >= 15 is 0 Å². The van der Waals surface area contributed by atoms with Crippen molar-refractivity contribution in [3.05, 3.63) is 83.0 Å². The lowest BCUT2D eigenvalue weighted by Crippen LogP contribution is -2.39. The fraction of sp³-hybridized carbons (Fsp3) is 0.321. The quantitative estimate of drug-likeness (QED) is 0.357. The highest BCUT2D eigenvalue weighted by Crippen LogP contribution is 2.34. The van der Waals surface area contributed by atoms with Gasteiger partial charge in [-0.3, -0.25) is 9.36 Å². The topological polar surface area (TPSA) is 88.4 Å². The summed E-state index contributed by atoms with van der Waals surface area (Å²) >= 11 is 4.75. The smallest absolute Gasteiger partial charge is 0.338 e. The zero-order valence-electron chi connectivity index (χ0n) is 22.0. The molecule has 2 aromatic carbocycles. The first-order valence-corrected chi connectivity index (χ1v) is 13.7. The molecule has 200 valence electrons. The number of aromatic nitrogens is 1. The molecular weight excluding hydrogens is 572 g/mol. The van der Waals surface area contributed by atoms with Crippen molar-refractivity contribution in [1.29, 1.82) is 0 Å². The minimum Gasteiger partial charge on any atom is -0.496 e. The van der Waals surface area contributed by atoms with Crippen LogP contribution >= 0.6 is 27.3 Å². The Morgan fingerprint density at radius 3 is 2.45 bits per heavy atom. The molecule has 10 heteroatoms. The van der Waals surface area contributed by atoms with Crippen molar-refractivity contribution in [3.8, 4) is 17.2 Å². The van der Waals surface area contributed by atoms with Crippen LogP contribution in [0.15, 0.2) is 61.9 Å². The average molecular weight is 602 g/mol. The molecule has 0 N–H and O–H groups in total. The number of benzene rings is 2. The first-order valence-electron chi connectivity index (χ1n) is 12.1. The van der Waals surface area contributed by atoms with Gasteiger partial charge in [0, 0.05) is 11.6 Å². The molecule has 0 radical (unpaired) electrons. The number of allylic oxidation sites excluding steroid dienone is 1. The van der Waals surface area contributed by atoms with E-state index in [0.717, 1.165) is 10.0 Å². The molecule has 0 saturated carbocycles.